The van der Waals surface area contributed by atoms with Crippen molar-refractivity contribution in [3.05, 3.63) is 41.2 Å². The zero-order chi connectivity index (χ0) is 17.8. The Bertz CT molecular complexity index is 729. The van der Waals surface area contributed by atoms with Crippen molar-refractivity contribution in [1.29, 1.82) is 0 Å². The molecule has 1 atom stereocenters. The topological polar surface area (TPSA) is 73.1 Å². The number of carbonyl (C=O) groups is 1. The molecule has 1 fully saturated rings. The van der Waals surface area contributed by atoms with Crippen LogP contribution in [0.1, 0.15) is 29.1 Å². The van der Waals surface area contributed by atoms with Crippen LogP contribution in [0.3, 0.4) is 0 Å². The van der Waals surface area contributed by atoms with Gasteiger partial charge in [-0.3, -0.25) is 19.4 Å². The zero-order valence-electron chi connectivity index (χ0n) is 15.1. The Morgan fingerprint density at radius 2 is 2.20 bits per heavy atom. The number of carbonyl (C=O) groups excluding carboxylic acids is 1. The molecule has 0 aromatic carbocycles. The third kappa shape index (κ3) is 4.04. The predicted molar refractivity (Wildman–Crippen MR) is 93.1 cm³/mol. The number of nitrogens with zero attached hydrogens (tertiary/aromatic N) is 5. The molecule has 2 aromatic heterocycles. The molecule has 3 heterocycles. The summed E-state index contributed by atoms with van der Waals surface area (Å²) in [5.74, 6) is 0.145. The van der Waals surface area contributed by atoms with Crippen LogP contribution in [0.5, 0.6) is 0 Å². The molecule has 134 valence electrons. The molecule has 0 saturated carbocycles. The van der Waals surface area contributed by atoms with E-state index in [1.807, 2.05) is 30.5 Å². The smallest absolute Gasteiger partial charge is 0.227 e. The average molecular weight is 343 g/mol. The summed E-state index contributed by atoms with van der Waals surface area (Å²) in [7, 11) is 1.91. The fourth-order valence-electron chi connectivity index (χ4n) is 3.32. The van der Waals surface area contributed by atoms with E-state index < -0.39 is 0 Å². The van der Waals surface area contributed by atoms with Crippen molar-refractivity contribution in [1.82, 2.24) is 24.6 Å². The Morgan fingerprint density at radius 1 is 1.36 bits per heavy atom. The normalized spacial score (nSPS) is 17.7. The molecule has 0 aliphatic carbocycles. The lowest BCUT2D eigenvalue weighted by Gasteiger charge is -2.36. The van der Waals surface area contributed by atoms with Gasteiger partial charge >= 0.3 is 0 Å². The molecule has 3 rings (SSSR count). The fraction of sp³-hybridized carbons (Fsp3) is 0.556. The van der Waals surface area contributed by atoms with Crippen LogP contribution in [0, 0.1) is 13.8 Å². The van der Waals surface area contributed by atoms with E-state index in [2.05, 4.69) is 15.1 Å². The molecule has 25 heavy (non-hydrogen) atoms. The molecule has 1 unspecified atom stereocenters. The van der Waals surface area contributed by atoms with Gasteiger partial charge in [0.05, 0.1) is 37.1 Å². The minimum Gasteiger partial charge on any atom is -0.377 e. The number of hydrogen-bond acceptors (Lipinski definition) is 5. The molecule has 7 nitrogen and oxygen atoms in total. The van der Waals surface area contributed by atoms with Crippen LogP contribution in [-0.4, -0.2) is 56.4 Å². The highest BCUT2D eigenvalue weighted by Gasteiger charge is 2.28. The van der Waals surface area contributed by atoms with Crippen LogP contribution in [0.2, 0.25) is 0 Å². The van der Waals surface area contributed by atoms with Crippen LogP contribution >= 0.6 is 0 Å². The number of ether oxygens (including phenoxy) is 1. The van der Waals surface area contributed by atoms with E-state index in [4.69, 9.17) is 4.74 Å². The average Bonchev–Trinajstić information content (AvgIpc) is 2.87. The quantitative estimate of drug-likeness (QED) is 0.816. The predicted octanol–water partition coefficient (Wildman–Crippen LogP) is 1.23. The van der Waals surface area contributed by atoms with Gasteiger partial charge < -0.3 is 9.64 Å². The Labute approximate surface area is 148 Å². The van der Waals surface area contributed by atoms with E-state index in [0.29, 0.717) is 26.2 Å². The maximum atomic E-state index is 12.9. The molecule has 0 bridgehead atoms. The molecule has 0 spiro atoms. The van der Waals surface area contributed by atoms with Gasteiger partial charge in [-0.15, -0.1) is 0 Å². The molecule has 7 heteroatoms. The standard InChI is InChI=1S/C18H25N5O2/c1-13-17(14(2)22(3)21-13)10-18(24)23-8-9-25-12-16(23)5-4-15-11-19-6-7-20-15/h6-7,11,16H,4-5,8-10,12H2,1-3H3. The second-order valence-electron chi connectivity index (χ2n) is 6.50. The maximum Gasteiger partial charge on any atom is 0.227 e. The summed E-state index contributed by atoms with van der Waals surface area (Å²) in [4.78, 5) is 23.3. The number of aryl methyl sites for hydroxylation is 3. The van der Waals surface area contributed by atoms with Gasteiger partial charge in [0, 0.05) is 43.4 Å². The Kier molecular flexibility index (Phi) is 5.43. The van der Waals surface area contributed by atoms with Crippen LogP contribution in [0.25, 0.3) is 0 Å². The molecule has 0 radical (unpaired) electrons. The number of morpholine rings is 1. The van der Waals surface area contributed by atoms with Gasteiger partial charge in [0.15, 0.2) is 0 Å². The van der Waals surface area contributed by atoms with E-state index in [0.717, 1.165) is 35.5 Å². The summed E-state index contributed by atoms with van der Waals surface area (Å²) < 4.78 is 7.44. The Balaban J connectivity index is 1.66. The summed E-state index contributed by atoms with van der Waals surface area (Å²) in [6.45, 7) is 5.78. The Hall–Kier alpha value is -2.28. The first kappa shape index (κ1) is 17.5. The first-order valence-electron chi connectivity index (χ1n) is 8.67. The second kappa shape index (κ2) is 7.74. The van der Waals surface area contributed by atoms with E-state index in [1.54, 1.807) is 18.6 Å². The number of amides is 1. The van der Waals surface area contributed by atoms with Crippen molar-refractivity contribution in [2.45, 2.75) is 39.2 Å². The lowest BCUT2D eigenvalue weighted by atomic mass is 10.0. The van der Waals surface area contributed by atoms with E-state index in [9.17, 15) is 4.79 Å². The zero-order valence-corrected chi connectivity index (χ0v) is 15.1. The number of aromatic nitrogens is 4. The van der Waals surface area contributed by atoms with E-state index in [1.165, 1.54) is 0 Å². The first-order valence-corrected chi connectivity index (χ1v) is 8.67. The van der Waals surface area contributed by atoms with E-state index in [-0.39, 0.29) is 11.9 Å². The highest BCUT2D eigenvalue weighted by molar-refractivity contribution is 5.79. The minimum absolute atomic E-state index is 0.0838. The molecular formula is C18H25N5O2. The number of rotatable bonds is 5. The highest BCUT2D eigenvalue weighted by atomic mass is 16.5. The van der Waals surface area contributed by atoms with Crippen molar-refractivity contribution < 1.29 is 9.53 Å². The van der Waals surface area contributed by atoms with Crippen molar-refractivity contribution in [2.75, 3.05) is 19.8 Å². The third-order valence-corrected chi connectivity index (χ3v) is 4.89. The summed E-state index contributed by atoms with van der Waals surface area (Å²) in [6, 6.07) is 0.0838. The van der Waals surface area contributed by atoms with Crippen molar-refractivity contribution in [3.63, 3.8) is 0 Å². The minimum atomic E-state index is 0.0838. The molecule has 1 saturated heterocycles. The van der Waals surface area contributed by atoms with Crippen LogP contribution in [0.15, 0.2) is 18.6 Å². The van der Waals surface area contributed by atoms with Crippen molar-refractivity contribution >= 4 is 5.91 Å². The van der Waals surface area contributed by atoms with Crippen molar-refractivity contribution in [3.8, 4) is 0 Å². The molecule has 1 aliphatic rings. The number of hydrogen-bond donors (Lipinski definition) is 0. The van der Waals surface area contributed by atoms with Gasteiger partial charge in [-0.2, -0.15) is 5.10 Å². The van der Waals surface area contributed by atoms with E-state index >= 15 is 0 Å². The summed E-state index contributed by atoms with van der Waals surface area (Å²) in [6.07, 6.45) is 7.16. The maximum absolute atomic E-state index is 12.9. The second-order valence-corrected chi connectivity index (χ2v) is 6.50. The summed E-state index contributed by atoms with van der Waals surface area (Å²) in [5.41, 5.74) is 3.96. The lowest BCUT2D eigenvalue weighted by Crippen LogP contribution is -2.49. The van der Waals surface area contributed by atoms with Crippen molar-refractivity contribution in [2.24, 2.45) is 7.05 Å². The van der Waals surface area contributed by atoms with Gasteiger partial charge in [-0.05, 0) is 26.7 Å². The van der Waals surface area contributed by atoms with Crippen LogP contribution < -0.4 is 0 Å². The molecule has 1 amide bonds. The summed E-state index contributed by atoms with van der Waals surface area (Å²) >= 11 is 0. The van der Waals surface area contributed by atoms with Crippen LogP contribution in [0.4, 0.5) is 0 Å². The SMILES string of the molecule is Cc1nn(C)c(C)c1CC(=O)N1CCOCC1CCc1cnccn1. The van der Waals surface area contributed by atoms with Crippen LogP contribution in [-0.2, 0) is 29.4 Å². The summed E-state index contributed by atoms with van der Waals surface area (Å²) in [5, 5.41) is 4.41. The molecule has 2 aromatic rings. The van der Waals surface area contributed by atoms with Gasteiger partial charge in [-0.1, -0.05) is 0 Å². The van der Waals surface area contributed by atoms with Gasteiger partial charge in [0.2, 0.25) is 5.91 Å². The van der Waals surface area contributed by atoms with Gasteiger partial charge in [0.25, 0.3) is 0 Å². The molecule has 1 aliphatic heterocycles. The Morgan fingerprint density at radius 3 is 2.88 bits per heavy atom. The highest BCUT2D eigenvalue weighted by Crippen LogP contribution is 2.18. The lowest BCUT2D eigenvalue weighted by molar-refractivity contribution is -0.139. The largest absolute Gasteiger partial charge is 0.377 e. The first-order chi connectivity index (χ1) is 12.1. The fourth-order valence-corrected chi connectivity index (χ4v) is 3.32. The molecular weight excluding hydrogens is 318 g/mol. The van der Waals surface area contributed by atoms with Gasteiger partial charge in [0.1, 0.15) is 0 Å². The van der Waals surface area contributed by atoms with Gasteiger partial charge in [-0.25, -0.2) is 0 Å². The monoisotopic (exact) mass is 343 g/mol. The third-order valence-electron chi connectivity index (χ3n) is 4.89. The molecule has 0 N–H and O–H groups in total.